The second-order valence-electron chi connectivity index (χ2n) is 11.0. The molecule has 3 aliphatic heterocycles. The van der Waals surface area contributed by atoms with Crippen molar-refractivity contribution in [3.8, 4) is 11.4 Å². The second kappa shape index (κ2) is 9.46. The number of ether oxygens (including phenoxy) is 2. The fourth-order valence-corrected chi connectivity index (χ4v) is 6.64. The van der Waals surface area contributed by atoms with E-state index in [2.05, 4.69) is 4.98 Å². The Morgan fingerprint density at radius 1 is 1.02 bits per heavy atom. The monoisotopic (exact) mass is 609 g/mol. The molecule has 2 saturated heterocycles. The first-order valence-corrected chi connectivity index (χ1v) is 15.7. The van der Waals surface area contributed by atoms with Crippen molar-refractivity contribution < 1.29 is 28.9 Å². The Balaban J connectivity index is 1.37. The number of fused-ring (bicyclic) bond motifs is 1. The van der Waals surface area contributed by atoms with Crippen LogP contribution < -0.4 is 9.75 Å². The molecule has 0 unspecified atom stereocenters. The lowest BCUT2D eigenvalue weighted by Crippen LogP contribution is -2.67. The predicted octanol–water partition coefficient (Wildman–Crippen LogP) is 7.71. The van der Waals surface area contributed by atoms with Crippen molar-refractivity contribution in [3.05, 3.63) is 71.8 Å². The van der Waals surface area contributed by atoms with E-state index in [1.54, 1.807) is 13.4 Å². The summed E-state index contributed by atoms with van der Waals surface area (Å²) < 4.78 is 80.6. The maximum Gasteiger partial charge on any atom is 0.310 e. The molecular weight excluding hydrogens is 577 g/mol. The Bertz CT molecular complexity index is 1560. The maximum absolute atomic E-state index is 13.5. The summed E-state index contributed by atoms with van der Waals surface area (Å²) in [7, 11) is -8.18. The third-order valence-corrected chi connectivity index (χ3v) is 9.21. The number of halogens is 5. The van der Waals surface area contributed by atoms with Crippen LogP contribution in [0.25, 0.3) is 11.8 Å². The van der Waals surface area contributed by atoms with Crippen molar-refractivity contribution in [2.75, 3.05) is 38.4 Å². The molecule has 0 saturated carbocycles. The van der Waals surface area contributed by atoms with Gasteiger partial charge in [-0.25, -0.2) is 4.98 Å². The standard InChI is InChI=1S/C29H32F5N5O2S/c1-21-18-37(20-36-21)26-10-5-22(17-27(26)40-2)16-23-4-3-13-38-28(23)35-19-29(11-14-41-15-12-29)39(38)24-6-8-25(9-7-24)42(30,31,32,33)34/h5-10,16-18,20H,3-4,11-15,19H2,1-2H3/b23-16+. The van der Waals surface area contributed by atoms with Crippen LogP contribution in [0.3, 0.4) is 0 Å². The number of hydrazine groups is 1. The molecule has 42 heavy (non-hydrogen) atoms. The minimum Gasteiger partial charge on any atom is -0.495 e. The largest absolute Gasteiger partial charge is 0.495 e. The molecule has 6 rings (SSSR count). The van der Waals surface area contributed by atoms with E-state index in [1.165, 1.54) is 0 Å². The van der Waals surface area contributed by atoms with Crippen molar-refractivity contribution in [2.45, 2.75) is 43.0 Å². The lowest BCUT2D eigenvalue weighted by Gasteiger charge is -2.56. The van der Waals surface area contributed by atoms with E-state index >= 15 is 0 Å². The average molecular weight is 610 g/mol. The van der Waals surface area contributed by atoms with E-state index < -0.39 is 20.7 Å². The number of anilines is 1. The van der Waals surface area contributed by atoms with Crippen molar-refractivity contribution >= 4 is 27.8 Å². The summed E-state index contributed by atoms with van der Waals surface area (Å²) in [6.07, 6.45) is 8.44. The number of aliphatic imine (C=N–C) groups is 1. The Morgan fingerprint density at radius 2 is 1.76 bits per heavy atom. The summed E-state index contributed by atoms with van der Waals surface area (Å²) >= 11 is 0. The number of piperidine rings is 1. The van der Waals surface area contributed by atoms with Crippen molar-refractivity contribution in [1.29, 1.82) is 0 Å². The van der Waals surface area contributed by atoms with Crippen molar-refractivity contribution in [1.82, 2.24) is 14.6 Å². The number of benzene rings is 2. The summed E-state index contributed by atoms with van der Waals surface area (Å²) in [5.74, 6) is 1.40. The van der Waals surface area contributed by atoms with Gasteiger partial charge in [-0.3, -0.25) is 15.0 Å². The molecule has 7 nitrogen and oxygen atoms in total. The van der Waals surface area contributed by atoms with Gasteiger partial charge in [0.1, 0.15) is 16.5 Å². The van der Waals surface area contributed by atoms with E-state index in [4.69, 9.17) is 14.5 Å². The molecule has 1 aromatic heterocycles. The molecule has 0 bridgehead atoms. The van der Waals surface area contributed by atoms with Gasteiger partial charge in [0.15, 0.2) is 0 Å². The van der Waals surface area contributed by atoms with E-state index in [-0.39, 0.29) is 0 Å². The van der Waals surface area contributed by atoms with Gasteiger partial charge in [-0.1, -0.05) is 25.5 Å². The van der Waals surface area contributed by atoms with Gasteiger partial charge in [0, 0.05) is 26.0 Å². The first kappa shape index (κ1) is 28.5. The number of amidine groups is 1. The number of hydrogen-bond acceptors (Lipinski definition) is 6. The topological polar surface area (TPSA) is 55.1 Å². The molecule has 0 atom stereocenters. The van der Waals surface area contributed by atoms with Crippen LogP contribution in [0.4, 0.5) is 25.1 Å². The van der Waals surface area contributed by atoms with E-state index in [0.29, 0.717) is 62.7 Å². The fraction of sp³-hybridized carbons (Fsp3) is 0.379. The zero-order valence-corrected chi connectivity index (χ0v) is 24.1. The van der Waals surface area contributed by atoms with E-state index in [0.717, 1.165) is 53.3 Å². The number of methoxy groups -OCH3 is 1. The molecule has 1 spiro atoms. The second-order valence-corrected chi connectivity index (χ2v) is 13.4. The van der Waals surface area contributed by atoms with Gasteiger partial charge in [-0.2, -0.15) is 0 Å². The first-order chi connectivity index (χ1) is 19.8. The van der Waals surface area contributed by atoms with Gasteiger partial charge in [-0.05, 0) is 86.2 Å². The molecule has 226 valence electrons. The molecule has 13 heteroatoms. The maximum atomic E-state index is 13.5. The summed E-state index contributed by atoms with van der Waals surface area (Å²) in [5.41, 5.74) is 3.50. The Labute approximate surface area is 240 Å². The Kier molecular flexibility index (Phi) is 6.43. The highest BCUT2D eigenvalue weighted by Crippen LogP contribution is 3.02. The number of hydrogen-bond donors (Lipinski definition) is 0. The quantitative estimate of drug-likeness (QED) is 0.278. The summed E-state index contributed by atoms with van der Waals surface area (Å²) in [6, 6.07) is 9.16. The molecule has 2 fully saturated rings. The average Bonchev–Trinajstić information content (AvgIpc) is 3.38. The van der Waals surface area contributed by atoms with Crippen LogP contribution in [0.15, 0.2) is 70.4 Å². The molecule has 0 amide bonds. The van der Waals surface area contributed by atoms with Gasteiger partial charge in [-0.15, -0.1) is 0 Å². The molecule has 0 N–H and O–H groups in total. The third kappa shape index (κ3) is 5.35. The van der Waals surface area contributed by atoms with Crippen LogP contribution in [0.5, 0.6) is 5.75 Å². The lowest BCUT2D eigenvalue weighted by molar-refractivity contribution is 0.0344. The van der Waals surface area contributed by atoms with Gasteiger partial charge >= 0.3 is 10.2 Å². The molecule has 4 heterocycles. The molecule has 2 aromatic carbocycles. The Hall–Kier alpha value is -3.58. The highest BCUT2D eigenvalue weighted by atomic mass is 32.5. The lowest BCUT2D eigenvalue weighted by atomic mass is 9.86. The van der Waals surface area contributed by atoms with Crippen LogP contribution in [-0.2, 0) is 4.74 Å². The SMILES string of the molecule is COc1cc(/C=C2\CCCN3C2=NCC2(CCOCC2)N3c2ccc(S(F)(F)(F)(F)F)cc2)ccc1-n1cnc(C)c1. The van der Waals surface area contributed by atoms with Gasteiger partial charge in [0.25, 0.3) is 0 Å². The van der Waals surface area contributed by atoms with E-state index in [1.807, 2.05) is 52.0 Å². The number of aromatic nitrogens is 2. The van der Waals surface area contributed by atoms with Crippen LogP contribution in [0.1, 0.15) is 36.9 Å². The molecule has 0 aliphatic carbocycles. The minimum absolute atomic E-state index is 0.408. The number of aryl methyl sites for hydroxylation is 1. The highest BCUT2D eigenvalue weighted by Gasteiger charge is 2.65. The molecule has 0 radical (unpaired) electrons. The zero-order chi connectivity index (χ0) is 29.8. The van der Waals surface area contributed by atoms with Crippen LogP contribution in [-0.4, -0.2) is 59.3 Å². The normalized spacial score (nSPS) is 21.5. The third-order valence-electron chi connectivity index (χ3n) is 8.05. The van der Waals surface area contributed by atoms with Crippen LogP contribution >= 0.6 is 10.2 Å². The molecular formula is C29H32F5N5O2S. The molecule has 3 aromatic rings. The Morgan fingerprint density at radius 3 is 2.40 bits per heavy atom. The zero-order valence-electron chi connectivity index (χ0n) is 23.3. The predicted molar refractivity (Wildman–Crippen MR) is 154 cm³/mol. The van der Waals surface area contributed by atoms with Gasteiger partial charge in [0.05, 0.1) is 42.6 Å². The smallest absolute Gasteiger partial charge is 0.310 e. The minimum atomic E-state index is -9.79. The van der Waals surface area contributed by atoms with E-state index in [9.17, 15) is 19.4 Å². The summed E-state index contributed by atoms with van der Waals surface area (Å²) in [5, 5.41) is 3.98. The fourth-order valence-electron chi connectivity index (χ4n) is 5.99. The number of imidazole rings is 1. The van der Waals surface area contributed by atoms with Crippen molar-refractivity contribution in [2.24, 2.45) is 4.99 Å². The first-order valence-electron chi connectivity index (χ1n) is 13.7. The van der Waals surface area contributed by atoms with Crippen molar-refractivity contribution in [3.63, 3.8) is 0 Å². The van der Waals surface area contributed by atoms with Crippen LogP contribution in [0.2, 0.25) is 0 Å². The summed E-state index contributed by atoms with van der Waals surface area (Å²) in [4.78, 5) is 7.41. The van der Waals surface area contributed by atoms with Gasteiger partial charge in [0.2, 0.25) is 0 Å². The highest BCUT2D eigenvalue weighted by molar-refractivity contribution is 8.45. The number of rotatable bonds is 5. The van der Waals surface area contributed by atoms with Gasteiger partial charge < -0.3 is 14.0 Å². The van der Waals surface area contributed by atoms with Crippen LogP contribution in [0, 0.1) is 6.92 Å². The molecule has 3 aliphatic rings. The summed E-state index contributed by atoms with van der Waals surface area (Å²) in [6.45, 7) is 3.86. The number of nitrogens with zero attached hydrogens (tertiary/aromatic N) is 5.